The van der Waals surface area contributed by atoms with Crippen LogP contribution in [0.1, 0.15) is 11.6 Å². The molecule has 0 unspecified atom stereocenters. The Morgan fingerprint density at radius 1 is 1.12 bits per heavy atom. The number of hydrogen-bond donors (Lipinski definition) is 3. The molecule has 2 rings (SSSR count). The summed E-state index contributed by atoms with van der Waals surface area (Å²) >= 11 is 11.3. The average molecular weight is 365 g/mol. The fourth-order valence-electron chi connectivity index (χ4n) is 2.39. The molecule has 0 aromatic heterocycles. The summed E-state index contributed by atoms with van der Waals surface area (Å²) in [5.74, 6) is 0.860. The fourth-order valence-corrected chi connectivity index (χ4v) is 2.72. The summed E-state index contributed by atoms with van der Waals surface area (Å²) in [5, 5.41) is 7.75. The van der Waals surface area contributed by atoms with Gasteiger partial charge >= 0.3 is 0 Å². The van der Waals surface area contributed by atoms with Crippen molar-refractivity contribution in [2.45, 2.75) is 6.04 Å². The van der Waals surface area contributed by atoms with Crippen LogP contribution in [0.3, 0.4) is 0 Å². The van der Waals surface area contributed by atoms with Gasteiger partial charge in [-0.15, -0.1) is 0 Å². The normalized spacial score (nSPS) is 11.9. The van der Waals surface area contributed by atoms with Crippen LogP contribution in [-0.2, 0) is 0 Å². The molecule has 0 fully saturated rings. The Morgan fingerprint density at radius 3 is 2.29 bits per heavy atom. The number of hydrogen-bond acceptors (Lipinski definition) is 2. The molecule has 0 aliphatic rings. The Bertz CT molecular complexity index is 659. The molecule has 0 saturated heterocycles. The van der Waals surface area contributed by atoms with Crippen LogP contribution in [-0.4, -0.2) is 32.9 Å². The van der Waals surface area contributed by atoms with Gasteiger partial charge in [0, 0.05) is 16.3 Å². The minimum Gasteiger partial charge on any atom is -0.497 e. The van der Waals surface area contributed by atoms with Gasteiger partial charge in [-0.05, 0) is 60.7 Å². The Hall–Kier alpha value is -1.82. The highest BCUT2D eigenvalue weighted by Crippen LogP contribution is 2.16. The molecule has 6 heteroatoms. The maximum absolute atomic E-state index is 5.89. The summed E-state index contributed by atoms with van der Waals surface area (Å²) in [6.07, 6.45) is 0. The van der Waals surface area contributed by atoms with E-state index in [9.17, 15) is 0 Å². The molecule has 0 amide bonds. The number of rotatable bonds is 6. The molecule has 128 valence electrons. The lowest BCUT2D eigenvalue weighted by Gasteiger charge is -2.23. The number of benzene rings is 2. The number of ether oxygens (including phenoxy) is 1. The lowest BCUT2D eigenvalue weighted by Crippen LogP contribution is -3.07. The first kappa shape index (κ1) is 18.5. The van der Waals surface area contributed by atoms with Crippen molar-refractivity contribution in [2.24, 2.45) is 0 Å². The maximum Gasteiger partial charge on any atom is 0.171 e. The molecule has 2 aromatic carbocycles. The van der Waals surface area contributed by atoms with Crippen LogP contribution in [0, 0.1) is 0 Å². The molecule has 0 heterocycles. The lowest BCUT2D eigenvalue weighted by molar-refractivity contribution is -0.890. The van der Waals surface area contributed by atoms with E-state index < -0.39 is 0 Å². The Labute approximate surface area is 153 Å². The van der Waals surface area contributed by atoms with E-state index in [4.69, 9.17) is 28.6 Å². The van der Waals surface area contributed by atoms with E-state index in [0.717, 1.165) is 18.0 Å². The Kier molecular flexibility index (Phi) is 6.85. The maximum atomic E-state index is 5.89. The van der Waals surface area contributed by atoms with Crippen molar-refractivity contribution in [3.63, 3.8) is 0 Å². The predicted molar refractivity (Wildman–Crippen MR) is 104 cm³/mol. The fraction of sp³-hybridized carbons (Fsp3) is 0.278. The Morgan fingerprint density at radius 2 is 1.75 bits per heavy atom. The van der Waals surface area contributed by atoms with Gasteiger partial charge in [0.05, 0.1) is 27.7 Å². The summed E-state index contributed by atoms with van der Waals surface area (Å²) in [6, 6.07) is 15.9. The van der Waals surface area contributed by atoms with Crippen molar-refractivity contribution in [3.8, 4) is 5.75 Å². The number of anilines is 1. The second kappa shape index (κ2) is 8.87. The van der Waals surface area contributed by atoms with E-state index in [1.54, 1.807) is 7.11 Å². The zero-order valence-electron chi connectivity index (χ0n) is 14.1. The molecule has 3 N–H and O–H groups in total. The molecule has 0 radical (unpaired) electrons. The van der Waals surface area contributed by atoms with Gasteiger partial charge in [-0.25, -0.2) is 0 Å². The third-order valence-corrected chi connectivity index (χ3v) is 4.28. The molecule has 0 bridgehead atoms. The molecular formula is C18H23ClN3OS+. The van der Waals surface area contributed by atoms with Crippen LogP contribution in [0.25, 0.3) is 0 Å². The summed E-state index contributed by atoms with van der Waals surface area (Å²) < 4.78 is 5.22. The van der Waals surface area contributed by atoms with Crippen LogP contribution in [0.5, 0.6) is 5.75 Å². The van der Waals surface area contributed by atoms with Crippen molar-refractivity contribution in [1.82, 2.24) is 5.32 Å². The van der Waals surface area contributed by atoms with Crippen LogP contribution in [0.15, 0.2) is 48.5 Å². The number of quaternary nitrogens is 1. The van der Waals surface area contributed by atoms with Gasteiger partial charge in [-0.3, -0.25) is 0 Å². The van der Waals surface area contributed by atoms with Crippen LogP contribution in [0.4, 0.5) is 5.69 Å². The van der Waals surface area contributed by atoms with Gasteiger partial charge < -0.3 is 20.3 Å². The zero-order chi connectivity index (χ0) is 17.5. The van der Waals surface area contributed by atoms with Crippen molar-refractivity contribution in [1.29, 1.82) is 0 Å². The SMILES string of the molecule is COc1ccc([C@H](CNC(=S)Nc2ccc(Cl)cc2)[NH+](C)C)cc1. The molecule has 0 aliphatic carbocycles. The monoisotopic (exact) mass is 364 g/mol. The van der Waals surface area contributed by atoms with Crippen molar-refractivity contribution in [3.05, 3.63) is 59.1 Å². The first-order chi connectivity index (χ1) is 11.5. The minimum absolute atomic E-state index is 0.279. The van der Waals surface area contributed by atoms with E-state index in [1.165, 1.54) is 10.5 Å². The average Bonchev–Trinajstić information content (AvgIpc) is 2.57. The highest BCUT2D eigenvalue weighted by molar-refractivity contribution is 7.80. The minimum atomic E-state index is 0.279. The van der Waals surface area contributed by atoms with Gasteiger partial charge in [0.15, 0.2) is 5.11 Å². The van der Waals surface area contributed by atoms with Gasteiger partial charge in [0.2, 0.25) is 0 Å². The number of nitrogens with one attached hydrogen (secondary N) is 3. The standard InChI is InChI=1S/C18H22ClN3OS/c1-22(2)17(13-4-10-16(23-3)11-5-13)12-20-18(24)21-15-8-6-14(19)7-9-15/h4-11,17H,12H2,1-3H3,(H2,20,21,24)/p+1/t17-/m0/s1. The van der Waals surface area contributed by atoms with Gasteiger partial charge in [0.1, 0.15) is 11.8 Å². The molecule has 0 saturated carbocycles. The van der Waals surface area contributed by atoms with E-state index in [2.05, 4.69) is 36.9 Å². The predicted octanol–water partition coefficient (Wildman–Crippen LogP) is 2.52. The molecule has 0 aliphatic heterocycles. The Balaban J connectivity index is 1.95. The smallest absolute Gasteiger partial charge is 0.171 e. The molecule has 2 aromatic rings. The van der Waals surface area contributed by atoms with Crippen LogP contribution >= 0.6 is 23.8 Å². The quantitative estimate of drug-likeness (QED) is 0.689. The topological polar surface area (TPSA) is 37.7 Å². The summed E-state index contributed by atoms with van der Waals surface area (Å²) in [5.41, 5.74) is 2.15. The van der Waals surface area contributed by atoms with Gasteiger partial charge in [0.25, 0.3) is 0 Å². The summed E-state index contributed by atoms with van der Waals surface area (Å²) in [4.78, 5) is 1.32. The van der Waals surface area contributed by atoms with Crippen molar-refractivity contribution < 1.29 is 9.64 Å². The van der Waals surface area contributed by atoms with E-state index in [0.29, 0.717) is 10.1 Å². The van der Waals surface area contributed by atoms with Crippen molar-refractivity contribution in [2.75, 3.05) is 33.1 Å². The molecule has 4 nitrogen and oxygen atoms in total. The molecular weight excluding hydrogens is 342 g/mol. The van der Waals surface area contributed by atoms with Crippen LogP contribution in [0.2, 0.25) is 5.02 Å². The van der Waals surface area contributed by atoms with Crippen LogP contribution < -0.4 is 20.3 Å². The number of thiocarbonyl (C=S) groups is 1. The molecule has 0 spiro atoms. The second-order valence-corrected chi connectivity index (χ2v) is 6.59. The largest absolute Gasteiger partial charge is 0.497 e. The number of likely N-dealkylation sites (N-methyl/N-ethyl adjacent to an activating group) is 1. The highest BCUT2D eigenvalue weighted by Gasteiger charge is 2.18. The third kappa shape index (κ3) is 5.37. The van der Waals surface area contributed by atoms with E-state index in [-0.39, 0.29) is 6.04 Å². The van der Waals surface area contributed by atoms with Crippen molar-refractivity contribution >= 4 is 34.6 Å². The third-order valence-electron chi connectivity index (χ3n) is 3.78. The first-order valence-corrected chi connectivity index (χ1v) is 8.52. The summed E-state index contributed by atoms with van der Waals surface area (Å²) in [6.45, 7) is 0.730. The first-order valence-electron chi connectivity index (χ1n) is 7.74. The van der Waals surface area contributed by atoms with Gasteiger partial charge in [-0.1, -0.05) is 11.6 Å². The lowest BCUT2D eigenvalue weighted by atomic mass is 10.1. The molecule has 24 heavy (non-hydrogen) atoms. The molecule has 1 atom stereocenters. The highest BCUT2D eigenvalue weighted by atomic mass is 35.5. The van der Waals surface area contributed by atoms with E-state index >= 15 is 0 Å². The van der Waals surface area contributed by atoms with E-state index in [1.807, 2.05) is 36.4 Å². The number of methoxy groups -OCH3 is 1. The van der Waals surface area contributed by atoms with Gasteiger partial charge in [-0.2, -0.15) is 0 Å². The second-order valence-electron chi connectivity index (χ2n) is 5.75. The number of halogens is 1. The summed E-state index contributed by atoms with van der Waals surface area (Å²) in [7, 11) is 5.94. The zero-order valence-corrected chi connectivity index (χ0v) is 15.7.